The first-order chi connectivity index (χ1) is 12.0. The normalized spacial score (nSPS) is 22.8. The molecule has 2 atom stereocenters. The number of hydrogen-bond donors (Lipinski definition) is 2. The highest BCUT2D eigenvalue weighted by Crippen LogP contribution is 2.18. The van der Waals surface area contributed by atoms with E-state index in [0.717, 1.165) is 43.1 Å². The van der Waals surface area contributed by atoms with Crippen molar-refractivity contribution in [1.82, 2.24) is 4.90 Å². The Morgan fingerprint density at radius 1 is 1.28 bits per heavy atom. The minimum atomic E-state index is 0.477. The monoisotopic (exact) mass is 362 g/mol. The molecule has 0 radical (unpaired) electrons. The molecule has 5 heteroatoms. The summed E-state index contributed by atoms with van der Waals surface area (Å²) in [6.07, 6.45) is 5.35. The molecule has 138 valence electrons. The third kappa shape index (κ3) is 4.93. The molecular weight excluding hydrogens is 330 g/mol. The van der Waals surface area contributed by atoms with E-state index in [1.807, 2.05) is 0 Å². The van der Waals surface area contributed by atoms with E-state index in [1.54, 1.807) is 4.90 Å². The molecule has 2 heterocycles. The second kappa shape index (κ2) is 8.47. The van der Waals surface area contributed by atoms with Gasteiger partial charge in [-0.15, -0.1) is 0 Å². The molecule has 3 rings (SSSR count). The summed E-state index contributed by atoms with van der Waals surface area (Å²) in [7, 11) is 2.33. The van der Waals surface area contributed by atoms with Gasteiger partial charge < -0.3 is 19.9 Å². The molecule has 2 aliphatic heterocycles. The van der Waals surface area contributed by atoms with Crippen molar-refractivity contribution in [1.29, 1.82) is 0 Å². The zero-order valence-corrected chi connectivity index (χ0v) is 16.6. The summed E-state index contributed by atoms with van der Waals surface area (Å²) < 4.78 is 5.80. The molecule has 2 N–H and O–H groups in total. The van der Waals surface area contributed by atoms with Crippen LogP contribution in [0.25, 0.3) is 0 Å². The van der Waals surface area contributed by atoms with Crippen LogP contribution in [0.5, 0.6) is 0 Å². The van der Waals surface area contributed by atoms with Gasteiger partial charge in [-0.25, -0.2) is 0 Å². The molecule has 0 bridgehead atoms. The number of rotatable bonds is 4. The van der Waals surface area contributed by atoms with Crippen LogP contribution in [0.4, 0.5) is 5.69 Å². The first kappa shape index (κ1) is 18.6. The summed E-state index contributed by atoms with van der Waals surface area (Å²) >= 11 is 5.67. The maximum Gasteiger partial charge on any atom is 0.173 e. The maximum atomic E-state index is 5.80. The Hall–Kier alpha value is -1.17. The fourth-order valence-corrected chi connectivity index (χ4v) is 4.26. The highest BCUT2D eigenvalue weighted by molar-refractivity contribution is 7.80. The van der Waals surface area contributed by atoms with Gasteiger partial charge in [0.1, 0.15) is 12.6 Å². The molecule has 0 aromatic heterocycles. The summed E-state index contributed by atoms with van der Waals surface area (Å²) in [5.41, 5.74) is 3.63. The van der Waals surface area contributed by atoms with Crippen LogP contribution in [-0.2, 0) is 4.74 Å². The summed E-state index contributed by atoms with van der Waals surface area (Å²) in [5.74, 6) is 0. The van der Waals surface area contributed by atoms with Gasteiger partial charge in [0.15, 0.2) is 5.11 Å². The van der Waals surface area contributed by atoms with Crippen LogP contribution in [-0.4, -0.2) is 55.4 Å². The topological polar surface area (TPSA) is 28.9 Å². The Bertz CT molecular complexity index is 593. The number of ether oxygens (including phenoxy) is 1. The van der Waals surface area contributed by atoms with Crippen LogP contribution in [0, 0.1) is 13.8 Å². The Labute approximate surface area is 157 Å². The van der Waals surface area contributed by atoms with Gasteiger partial charge in [0.05, 0.1) is 13.1 Å². The highest BCUT2D eigenvalue weighted by atomic mass is 32.1. The Morgan fingerprint density at radius 2 is 2.04 bits per heavy atom. The lowest BCUT2D eigenvalue weighted by molar-refractivity contribution is -0.910. The Balaban J connectivity index is 1.48. The third-order valence-electron chi connectivity index (χ3n) is 5.69. The SMILES string of the molecule is Cc1ccc(C)c(NC(=S)N2CCC([NH+](C)CC3CCCO3)CC2)c1. The van der Waals surface area contributed by atoms with E-state index >= 15 is 0 Å². The molecule has 0 aliphatic carbocycles. The number of thiocarbonyl (C=S) groups is 1. The molecule has 1 aromatic carbocycles. The van der Waals surface area contributed by atoms with Crippen molar-refractivity contribution in [2.75, 3.05) is 38.6 Å². The Morgan fingerprint density at radius 3 is 2.72 bits per heavy atom. The summed E-state index contributed by atoms with van der Waals surface area (Å²) in [6.45, 7) is 8.44. The number of quaternary nitrogens is 1. The summed E-state index contributed by atoms with van der Waals surface area (Å²) in [4.78, 5) is 3.95. The number of hydrogen-bond acceptors (Lipinski definition) is 2. The lowest BCUT2D eigenvalue weighted by atomic mass is 10.0. The van der Waals surface area contributed by atoms with E-state index < -0.39 is 0 Å². The van der Waals surface area contributed by atoms with Crippen molar-refractivity contribution in [2.24, 2.45) is 0 Å². The van der Waals surface area contributed by atoms with Gasteiger partial charge in [0.2, 0.25) is 0 Å². The van der Waals surface area contributed by atoms with Gasteiger partial charge in [0.25, 0.3) is 0 Å². The molecule has 0 amide bonds. The first-order valence-electron chi connectivity index (χ1n) is 9.60. The summed E-state index contributed by atoms with van der Waals surface area (Å²) in [5, 5.41) is 4.32. The predicted molar refractivity (Wildman–Crippen MR) is 107 cm³/mol. The molecule has 2 aliphatic rings. The molecule has 2 fully saturated rings. The third-order valence-corrected chi connectivity index (χ3v) is 6.05. The van der Waals surface area contributed by atoms with E-state index in [0.29, 0.717) is 6.10 Å². The van der Waals surface area contributed by atoms with E-state index in [2.05, 4.69) is 49.3 Å². The standard InChI is InChI=1S/C20H31N3OS/c1-15-6-7-16(2)19(13-15)21-20(25)23-10-8-17(9-11-23)22(3)14-18-5-4-12-24-18/h6-7,13,17-18H,4-5,8-12,14H2,1-3H3,(H,21,25)/p+1. The van der Waals surface area contributed by atoms with Gasteiger partial charge in [-0.1, -0.05) is 12.1 Å². The number of nitrogens with zero attached hydrogens (tertiary/aromatic N) is 1. The average Bonchev–Trinajstić information content (AvgIpc) is 3.11. The number of anilines is 1. The van der Waals surface area contributed by atoms with Crippen molar-refractivity contribution in [3.8, 4) is 0 Å². The van der Waals surface area contributed by atoms with E-state index in [1.165, 1.54) is 36.8 Å². The lowest BCUT2D eigenvalue weighted by Crippen LogP contribution is -3.14. The van der Waals surface area contributed by atoms with Gasteiger partial charge in [-0.2, -0.15) is 0 Å². The fourth-order valence-electron chi connectivity index (χ4n) is 3.97. The van der Waals surface area contributed by atoms with Crippen molar-refractivity contribution in [2.45, 2.75) is 51.7 Å². The van der Waals surface area contributed by atoms with Crippen molar-refractivity contribution in [3.63, 3.8) is 0 Å². The van der Waals surface area contributed by atoms with Crippen molar-refractivity contribution < 1.29 is 9.64 Å². The molecule has 0 saturated carbocycles. The number of piperidine rings is 1. The largest absolute Gasteiger partial charge is 0.372 e. The second-order valence-corrected chi connectivity index (χ2v) is 8.08. The molecule has 2 saturated heterocycles. The van der Waals surface area contributed by atoms with Gasteiger partial charge in [-0.3, -0.25) is 0 Å². The minimum Gasteiger partial charge on any atom is -0.372 e. The fraction of sp³-hybridized carbons (Fsp3) is 0.650. The maximum absolute atomic E-state index is 5.80. The number of likely N-dealkylation sites (tertiary alicyclic amines) is 1. The molecular formula is C20H32N3OS+. The van der Waals surface area contributed by atoms with E-state index in [9.17, 15) is 0 Å². The first-order valence-corrected chi connectivity index (χ1v) is 10.0. The van der Waals surface area contributed by atoms with Crippen LogP contribution < -0.4 is 10.2 Å². The molecule has 2 unspecified atom stereocenters. The molecule has 4 nitrogen and oxygen atoms in total. The van der Waals surface area contributed by atoms with Crippen LogP contribution >= 0.6 is 12.2 Å². The van der Waals surface area contributed by atoms with Crippen LogP contribution in [0.15, 0.2) is 18.2 Å². The number of likely N-dealkylation sites (N-methyl/N-ethyl adjacent to an activating group) is 1. The lowest BCUT2D eigenvalue weighted by Gasteiger charge is -2.36. The van der Waals surface area contributed by atoms with Crippen molar-refractivity contribution >= 4 is 23.0 Å². The zero-order chi connectivity index (χ0) is 17.8. The van der Waals surface area contributed by atoms with Gasteiger partial charge >= 0.3 is 0 Å². The van der Waals surface area contributed by atoms with Gasteiger partial charge in [-0.05, 0) is 56.1 Å². The molecule has 0 spiro atoms. The second-order valence-electron chi connectivity index (χ2n) is 7.70. The molecule has 25 heavy (non-hydrogen) atoms. The van der Waals surface area contributed by atoms with Crippen LogP contribution in [0.2, 0.25) is 0 Å². The zero-order valence-electron chi connectivity index (χ0n) is 15.8. The average molecular weight is 363 g/mol. The van der Waals surface area contributed by atoms with Crippen LogP contribution in [0.1, 0.15) is 36.8 Å². The van der Waals surface area contributed by atoms with Gasteiger partial charge in [0, 0.05) is 38.2 Å². The molecule has 1 aromatic rings. The van der Waals surface area contributed by atoms with E-state index in [-0.39, 0.29) is 0 Å². The highest BCUT2D eigenvalue weighted by Gasteiger charge is 2.29. The van der Waals surface area contributed by atoms with E-state index in [4.69, 9.17) is 17.0 Å². The van der Waals surface area contributed by atoms with Crippen LogP contribution in [0.3, 0.4) is 0 Å². The number of benzene rings is 1. The quantitative estimate of drug-likeness (QED) is 0.803. The summed E-state index contributed by atoms with van der Waals surface area (Å²) in [6, 6.07) is 7.19. The number of aryl methyl sites for hydroxylation is 2. The van der Waals surface area contributed by atoms with Crippen molar-refractivity contribution in [3.05, 3.63) is 29.3 Å². The minimum absolute atomic E-state index is 0.477. The Kier molecular flexibility index (Phi) is 6.31. The smallest absolute Gasteiger partial charge is 0.173 e. The predicted octanol–water partition coefficient (Wildman–Crippen LogP) is 2.16. The number of nitrogens with one attached hydrogen (secondary N) is 2.